The first-order chi connectivity index (χ1) is 13.9. The SMILES string of the molecule is COc1ccc(N(C)C(=O)C2CCN(C(=O)c3ccc(Br)cc3)CC2)cc1OC. The molecule has 3 rings (SSSR count). The van der Waals surface area contributed by atoms with Crippen molar-refractivity contribution in [1.29, 1.82) is 0 Å². The van der Waals surface area contributed by atoms with Gasteiger partial charge >= 0.3 is 0 Å². The number of nitrogens with zero attached hydrogens (tertiary/aromatic N) is 2. The number of carbonyl (C=O) groups excluding carboxylic acids is 2. The van der Waals surface area contributed by atoms with Crippen molar-refractivity contribution in [3.05, 3.63) is 52.5 Å². The van der Waals surface area contributed by atoms with Crippen molar-refractivity contribution in [3.63, 3.8) is 0 Å². The highest BCUT2D eigenvalue weighted by Crippen LogP contribution is 2.32. The Morgan fingerprint density at radius 3 is 2.21 bits per heavy atom. The zero-order valence-corrected chi connectivity index (χ0v) is 18.4. The number of anilines is 1. The fourth-order valence-electron chi connectivity index (χ4n) is 3.54. The molecule has 7 heteroatoms. The number of benzene rings is 2. The van der Waals surface area contributed by atoms with E-state index in [2.05, 4.69) is 15.9 Å². The van der Waals surface area contributed by atoms with E-state index in [4.69, 9.17) is 9.47 Å². The van der Waals surface area contributed by atoms with E-state index < -0.39 is 0 Å². The minimum Gasteiger partial charge on any atom is -0.493 e. The van der Waals surface area contributed by atoms with Crippen LogP contribution in [0.2, 0.25) is 0 Å². The zero-order valence-electron chi connectivity index (χ0n) is 16.9. The first-order valence-electron chi connectivity index (χ1n) is 9.49. The first-order valence-corrected chi connectivity index (χ1v) is 10.3. The van der Waals surface area contributed by atoms with Crippen LogP contribution in [0.25, 0.3) is 0 Å². The molecule has 0 N–H and O–H groups in total. The molecule has 1 aliphatic heterocycles. The van der Waals surface area contributed by atoms with Gasteiger partial charge in [-0.2, -0.15) is 0 Å². The summed E-state index contributed by atoms with van der Waals surface area (Å²) in [6, 6.07) is 12.8. The number of hydrogen-bond acceptors (Lipinski definition) is 4. The largest absolute Gasteiger partial charge is 0.493 e. The molecular formula is C22H25BrN2O4. The van der Waals surface area contributed by atoms with Gasteiger partial charge in [0.15, 0.2) is 11.5 Å². The molecule has 6 nitrogen and oxygen atoms in total. The highest BCUT2D eigenvalue weighted by atomic mass is 79.9. The molecular weight excluding hydrogens is 436 g/mol. The van der Waals surface area contributed by atoms with E-state index in [1.807, 2.05) is 35.2 Å². The van der Waals surface area contributed by atoms with Gasteiger partial charge in [0.1, 0.15) is 0 Å². The van der Waals surface area contributed by atoms with Gasteiger partial charge in [0.2, 0.25) is 5.91 Å². The molecule has 29 heavy (non-hydrogen) atoms. The molecule has 0 atom stereocenters. The Balaban J connectivity index is 1.62. The highest BCUT2D eigenvalue weighted by molar-refractivity contribution is 9.10. The summed E-state index contributed by atoms with van der Waals surface area (Å²) < 4.78 is 11.5. The van der Waals surface area contributed by atoms with E-state index in [0.717, 1.165) is 10.2 Å². The average molecular weight is 461 g/mol. The lowest BCUT2D eigenvalue weighted by molar-refractivity contribution is -0.123. The lowest BCUT2D eigenvalue weighted by atomic mass is 9.94. The van der Waals surface area contributed by atoms with Crippen LogP contribution in [-0.4, -0.2) is 51.1 Å². The Morgan fingerprint density at radius 2 is 1.62 bits per heavy atom. The van der Waals surface area contributed by atoms with Crippen LogP contribution in [0.5, 0.6) is 11.5 Å². The Morgan fingerprint density at radius 1 is 1.00 bits per heavy atom. The van der Waals surface area contributed by atoms with Crippen molar-refractivity contribution in [1.82, 2.24) is 4.90 Å². The van der Waals surface area contributed by atoms with E-state index in [1.54, 1.807) is 38.3 Å². The van der Waals surface area contributed by atoms with Crippen LogP contribution in [0, 0.1) is 5.92 Å². The van der Waals surface area contributed by atoms with E-state index in [1.165, 1.54) is 0 Å². The van der Waals surface area contributed by atoms with E-state index in [-0.39, 0.29) is 17.7 Å². The van der Waals surface area contributed by atoms with Crippen LogP contribution in [0.3, 0.4) is 0 Å². The number of halogens is 1. The molecule has 0 aliphatic carbocycles. The molecule has 1 fully saturated rings. The smallest absolute Gasteiger partial charge is 0.253 e. The van der Waals surface area contributed by atoms with Crippen LogP contribution in [0.1, 0.15) is 23.2 Å². The lowest BCUT2D eigenvalue weighted by Gasteiger charge is -2.33. The molecule has 1 aliphatic rings. The van der Waals surface area contributed by atoms with Gasteiger partial charge in [-0.3, -0.25) is 9.59 Å². The fraction of sp³-hybridized carbons (Fsp3) is 0.364. The van der Waals surface area contributed by atoms with Gasteiger partial charge in [-0.05, 0) is 49.2 Å². The average Bonchev–Trinajstić information content (AvgIpc) is 2.77. The predicted molar refractivity (Wildman–Crippen MR) is 116 cm³/mol. The van der Waals surface area contributed by atoms with Crippen molar-refractivity contribution in [2.75, 3.05) is 39.3 Å². The van der Waals surface area contributed by atoms with Gasteiger partial charge in [-0.25, -0.2) is 0 Å². The molecule has 154 valence electrons. The molecule has 2 amide bonds. The summed E-state index contributed by atoms with van der Waals surface area (Å²) in [4.78, 5) is 29.1. The molecule has 2 aromatic carbocycles. The zero-order chi connectivity index (χ0) is 21.0. The van der Waals surface area contributed by atoms with Gasteiger partial charge < -0.3 is 19.3 Å². The summed E-state index contributed by atoms with van der Waals surface area (Å²) in [5, 5.41) is 0. The second kappa shape index (κ2) is 9.31. The molecule has 0 unspecified atom stereocenters. The van der Waals surface area contributed by atoms with Crippen LogP contribution in [-0.2, 0) is 4.79 Å². The maximum Gasteiger partial charge on any atom is 0.253 e. The fourth-order valence-corrected chi connectivity index (χ4v) is 3.80. The number of hydrogen-bond donors (Lipinski definition) is 0. The van der Waals surface area contributed by atoms with E-state index in [9.17, 15) is 9.59 Å². The maximum absolute atomic E-state index is 13.0. The molecule has 0 aromatic heterocycles. The summed E-state index contributed by atoms with van der Waals surface area (Å²) in [5.41, 5.74) is 1.42. The van der Waals surface area contributed by atoms with Crippen LogP contribution >= 0.6 is 15.9 Å². The normalized spacial score (nSPS) is 14.4. The Labute approximate surface area is 179 Å². The summed E-state index contributed by atoms with van der Waals surface area (Å²) in [6.45, 7) is 1.15. The van der Waals surface area contributed by atoms with Gasteiger partial charge in [0, 0.05) is 47.8 Å². The van der Waals surface area contributed by atoms with Crippen molar-refractivity contribution in [2.24, 2.45) is 5.92 Å². The third-order valence-corrected chi connectivity index (χ3v) is 5.84. The van der Waals surface area contributed by atoms with Crippen molar-refractivity contribution < 1.29 is 19.1 Å². The summed E-state index contributed by atoms with van der Waals surface area (Å²) in [5.74, 6) is 1.16. The maximum atomic E-state index is 13.0. The van der Waals surface area contributed by atoms with E-state index >= 15 is 0 Å². The van der Waals surface area contributed by atoms with Gasteiger partial charge in [-0.15, -0.1) is 0 Å². The predicted octanol–water partition coefficient (Wildman–Crippen LogP) is 3.98. The molecule has 0 radical (unpaired) electrons. The topological polar surface area (TPSA) is 59.1 Å². The molecule has 1 heterocycles. The van der Waals surface area contributed by atoms with Crippen LogP contribution in [0.4, 0.5) is 5.69 Å². The molecule has 0 saturated carbocycles. The van der Waals surface area contributed by atoms with Crippen LogP contribution in [0.15, 0.2) is 46.9 Å². The Hall–Kier alpha value is -2.54. The van der Waals surface area contributed by atoms with Crippen molar-refractivity contribution in [3.8, 4) is 11.5 Å². The standard InChI is InChI=1S/C22H25BrN2O4/c1-24(18-8-9-19(28-2)20(14-18)29-3)21(26)16-10-12-25(13-11-16)22(27)15-4-6-17(23)7-5-15/h4-9,14,16H,10-13H2,1-3H3. The van der Waals surface area contributed by atoms with Crippen molar-refractivity contribution >= 4 is 33.4 Å². The number of carbonyl (C=O) groups is 2. The molecule has 1 saturated heterocycles. The third-order valence-electron chi connectivity index (χ3n) is 5.31. The Kier molecular flexibility index (Phi) is 6.79. The summed E-state index contributed by atoms with van der Waals surface area (Å²) in [7, 11) is 4.92. The Bertz CT molecular complexity index is 877. The minimum atomic E-state index is -0.109. The number of amides is 2. The second-order valence-electron chi connectivity index (χ2n) is 7.01. The lowest BCUT2D eigenvalue weighted by Crippen LogP contribution is -2.43. The number of methoxy groups -OCH3 is 2. The third kappa shape index (κ3) is 4.72. The minimum absolute atomic E-state index is 0.0108. The van der Waals surface area contributed by atoms with Gasteiger partial charge in [-0.1, -0.05) is 15.9 Å². The van der Waals surface area contributed by atoms with Gasteiger partial charge in [0.25, 0.3) is 5.91 Å². The van der Waals surface area contributed by atoms with Gasteiger partial charge in [0.05, 0.1) is 14.2 Å². The van der Waals surface area contributed by atoms with E-state index in [0.29, 0.717) is 43.0 Å². The number of rotatable bonds is 5. The first kappa shape index (κ1) is 21.2. The quantitative estimate of drug-likeness (QED) is 0.676. The summed E-state index contributed by atoms with van der Waals surface area (Å²) >= 11 is 3.38. The second-order valence-corrected chi connectivity index (χ2v) is 7.93. The molecule has 0 spiro atoms. The molecule has 2 aromatic rings. The monoisotopic (exact) mass is 460 g/mol. The van der Waals surface area contributed by atoms with Crippen molar-refractivity contribution in [2.45, 2.75) is 12.8 Å². The summed E-state index contributed by atoms with van der Waals surface area (Å²) in [6.07, 6.45) is 1.30. The number of likely N-dealkylation sites (tertiary alicyclic amines) is 1. The highest BCUT2D eigenvalue weighted by Gasteiger charge is 2.30. The number of piperidine rings is 1. The van der Waals surface area contributed by atoms with Crippen LogP contribution < -0.4 is 14.4 Å². The number of ether oxygens (including phenoxy) is 2. The molecule has 0 bridgehead atoms.